The minimum Gasteiger partial charge on any atom is -0.508 e. The highest BCUT2D eigenvalue weighted by atomic mass is 79.9. The van der Waals surface area contributed by atoms with Crippen LogP contribution in [0.4, 0.5) is 5.69 Å². The van der Waals surface area contributed by atoms with E-state index in [4.69, 9.17) is 4.74 Å². The summed E-state index contributed by atoms with van der Waals surface area (Å²) >= 11 is 0. The average Bonchev–Trinajstić information content (AvgIpc) is 2.82. The number of hydrogen-bond acceptors (Lipinski definition) is 4. The number of allylic oxidation sites excluding steroid dienone is 2. The highest BCUT2D eigenvalue weighted by Gasteiger charge is 2.33. The van der Waals surface area contributed by atoms with Crippen LogP contribution in [0.3, 0.4) is 0 Å². The molecule has 0 amide bonds. The first-order valence-corrected chi connectivity index (χ1v) is 8.19. The lowest BCUT2D eigenvalue weighted by molar-refractivity contribution is 0.153. The third-order valence-corrected chi connectivity index (χ3v) is 4.85. The van der Waals surface area contributed by atoms with Crippen LogP contribution < -0.4 is 4.90 Å². The summed E-state index contributed by atoms with van der Waals surface area (Å²) in [7, 11) is 0. The van der Waals surface area contributed by atoms with Gasteiger partial charge in [0, 0.05) is 42.4 Å². The molecular formula is C19H22BrNO3. The van der Waals surface area contributed by atoms with Crippen molar-refractivity contribution in [1.29, 1.82) is 0 Å². The second-order valence-electron chi connectivity index (χ2n) is 6.49. The van der Waals surface area contributed by atoms with Gasteiger partial charge in [0.05, 0.1) is 6.10 Å². The van der Waals surface area contributed by atoms with Crippen LogP contribution in [0.15, 0.2) is 58.7 Å². The van der Waals surface area contributed by atoms with Gasteiger partial charge in [-0.25, -0.2) is 0 Å². The average molecular weight is 392 g/mol. The molecule has 3 aliphatic rings. The number of ether oxygens (including phenoxy) is 1. The van der Waals surface area contributed by atoms with Gasteiger partial charge >= 0.3 is 0 Å². The number of hydrogen-bond donors (Lipinski definition) is 2. The third-order valence-electron chi connectivity index (χ3n) is 4.85. The van der Waals surface area contributed by atoms with E-state index in [-0.39, 0.29) is 28.8 Å². The van der Waals surface area contributed by atoms with Crippen LogP contribution in [-0.4, -0.2) is 22.9 Å². The molecule has 24 heavy (non-hydrogen) atoms. The van der Waals surface area contributed by atoms with E-state index in [1.54, 1.807) is 12.1 Å². The van der Waals surface area contributed by atoms with Gasteiger partial charge < -0.3 is 19.8 Å². The molecule has 1 aromatic carbocycles. The summed E-state index contributed by atoms with van der Waals surface area (Å²) in [5, 5.41) is 20.2. The number of aliphatic hydroxyl groups excluding tert-OH is 1. The van der Waals surface area contributed by atoms with Gasteiger partial charge in [0.2, 0.25) is 0 Å². The molecule has 2 N–H and O–H groups in total. The van der Waals surface area contributed by atoms with Crippen LogP contribution in [0.25, 0.3) is 0 Å². The fourth-order valence-corrected chi connectivity index (χ4v) is 3.78. The molecule has 0 spiro atoms. The Morgan fingerprint density at radius 1 is 1.08 bits per heavy atom. The van der Waals surface area contributed by atoms with Gasteiger partial charge in [0.25, 0.3) is 0 Å². The smallest absolute Gasteiger partial charge is 0.139 e. The second-order valence-corrected chi connectivity index (χ2v) is 6.49. The number of nitrogens with zero attached hydrogens (tertiary/aromatic N) is 1. The Kier molecular flexibility index (Phi) is 4.63. The van der Waals surface area contributed by atoms with Gasteiger partial charge in [-0.1, -0.05) is 5.57 Å². The second kappa shape index (κ2) is 6.55. The molecule has 5 heteroatoms. The normalized spacial score (nSPS) is 23.0. The van der Waals surface area contributed by atoms with Crippen LogP contribution in [0.1, 0.15) is 32.6 Å². The van der Waals surface area contributed by atoms with Crippen molar-refractivity contribution < 1.29 is 14.9 Å². The standard InChI is InChI=1S/C19H21NO3.BrH/c1-12-10-16-18(23-12)7-2-13-8-9-20(11-17(22)19(13)16)14-3-5-15(21)6-4-14;/h3-6,11-12,21-22H,2,7-10H2,1H3;1H. The predicted molar refractivity (Wildman–Crippen MR) is 99.6 cm³/mol. The molecule has 4 rings (SSSR count). The van der Waals surface area contributed by atoms with E-state index in [0.29, 0.717) is 5.76 Å². The predicted octanol–water partition coefficient (Wildman–Crippen LogP) is 4.73. The summed E-state index contributed by atoms with van der Waals surface area (Å²) in [5.74, 6) is 1.64. The summed E-state index contributed by atoms with van der Waals surface area (Å²) in [6.45, 7) is 2.91. The number of rotatable bonds is 1. The molecule has 1 unspecified atom stereocenters. The first kappa shape index (κ1) is 17.0. The molecule has 1 aromatic rings. The molecule has 0 saturated carbocycles. The van der Waals surface area contributed by atoms with E-state index in [1.807, 2.05) is 23.2 Å². The highest BCUT2D eigenvalue weighted by molar-refractivity contribution is 8.93. The SMILES string of the molecule is Br.CC1CC2=C(CCC3=C2C(O)=CN(c2ccc(O)cc2)CC3)O1. The van der Waals surface area contributed by atoms with Crippen LogP contribution in [0.5, 0.6) is 5.75 Å². The van der Waals surface area contributed by atoms with Crippen molar-refractivity contribution in [2.75, 3.05) is 11.4 Å². The molecule has 2 aliphatic heterocycles. The molecule has 0 radical (unpaired) electrons. The Hall–Kier alpha value is -1.88. The maximum atomic E-state index is 10.7. The van der Waals surface area contributed by atoms with E-state index in [1.165, 1.54) is 11.1 Å². The minimum atomic E-state index is 0. The van der Waals surface area contributed by atoms with Crippen molar-refractivity contribution in [3.63, 3.8) is 0 Å². The van der Waals surface area contributed by atoms with Gasteiger partial charge in [0.1, 0.15) is 17.3 Å². The van der Waals surface area contributed by atoms with Crippen molar-refractivity contribution in [3.8, 4) is 5.75 Å². The molecular weight excluding hydrogens is 370 g/mol. The topological polar surface area (TPSA) is 52.9 Å². The fraction of sp³-hybridized carbons (Fsp3) is 0.368. The monoisotopic (exact) mass is 391 g/mol. The van der Waals surface area contributed by atoms with Crippen LogP contribution in [-0.2, 0) is 4.74 Å². The highest BCUT2D eigenvalue weighted by Crippen LogP contribution is 2.43. The Morgan fingerprint density at radius 3 is 2.58 bits per heavy atom. The van der Waals surface area contributed by atoms with E-state index in [0.717, 1.165) is 49.2 Å². The zero-order valence-electron chi connectivity index (χ0n) is 13.7. The number of aliphatic hydroxyl groups is 1. The summed E-state index contributed by atoms with van der Waals surface area (Å²) in [5.41, 5.74) is 4.51. The van der Waals surface area contributed by atoms with Crippen LogP contribution >= 0.6 is 17.0 Å². The first-order valence-electron chi connectivity index (χ1n) is 8.19. The van der Waals surface area contributed by atoms with Gasteiger partial charge in [0.15, 0.2) is 0 Å². The fourth-order valence-electron chi connectivity index (χ4n) is 3.78. The molecule has 128 valence electrons. The summed E-state index contributed by atoms with van der Waals surface area (Å²) < 4.78 is 5.89. The lowest BCUT2D eigenvalue weighted by Gasteiger charge is -2.20. The van der Waals surface area contributed by atoms with Crippen molar-refractivity contribution >= 4 is 22.7 Å². The summed E-state index contributed by atoms with van der Waals surface area (Å²) in [6.07, 6.45) is 5.74. The maximum Gasteiger partial charge on any atom is 0.139 e. The molecule has 0 aromatic heterocycles. The number of halogens is 1. The zero-order chi connectivity index (χ0) is 16.0. The third kappa shape index (κ3) is 2.93. The van der Waals surface area contributed by atoms with Crippen LogP contribution in [0.2, 0.25) is 0 Å². The van der Waals surface area contributed by atoms with Gasteiger partial charge in [-0.15, -0.1) is 17.0 Å². The zero-order valence-corrected chi connectivity index (χ0v) is 15.4. The largest absolute Gasteiger partial charge is 0.508 e. The Bertz CT molecular complexity index is 733. The van der Waals surface area contributed by atoms with Crippen LogP contribution in [0, 0.1) is 0 Å². The maximum absolute atomic E-state index is 10.7. The molecule has 1 aliphatic carbocycles. The lowest BCUT2D eigenvalue weighted by atomic mass is 9.86. The number of phenolic OH excluding ortho intramolecular Hbond substituents is 1. The van der Waals surface area contributed by atoms with E-state index >= 15 is 0 Å². The van der Waals surface area contributed by atoms with E-state index < -0.39 is 0 Å². The lowest BCUT2D eigenvalue weighted by Crippen LogP contribution is -2.17. The number of anilines is 1. The Morgan fingerprint density at radius 2 is 1.83 bits per heavy atom. The summed E-state index contributed by atoms with van der Waals surface area (Å²) in [6, 6.07) is 7.08. The summed E-state index contributed by atoms with van der Waals surface area (Å²) in [4.78, 5) is 2.05. The minimum absolute atomic E-state index is 0. The molecule has 0 bridgehead atoms. The van der Waals surface area contributed by atoms with Gasteiger partial charge in [-0.3, -0.25) is 0 Å². The molecule has 1 atom stereocenters. The molecule has 0 fully saturated rings. The van der Waals surface area contributed by atoms with Crippen molar-refractivity contribution in [2.24, 2.45) is 0 Å². The van der Waals surface area contributed by atoms with Crippen molar-refractivity contribution in [1.82, 2.24) is 0 Å². The molecule has 2 heterocycles. The molecule has 4 nitrogen and oxygen atoms in total. The van der Waals surface area contributed by atoms with E-state index in [2.05, 4.69) is 6.92 Å². The van der Waals surface area contributed by atoms with E-state index in [9.17, 15) is 10.2 Å². The number of fused-ring (bicyclic) bond motifs is 1. The number of phenols is 1. The van der Waals surface area contributed by atoms with Gasteiger partial charge in [-0.05, 0) is 44.0 Å². The van der Waals surface area contributed by atoms with Crippen molar-refractivity contribution in [3.05, 3.63) is 58.7 Å². The molecule has 0 saturated heterocycles. The quantitative estimate of drug-likeness (QED) is 0.726. The number of benzene rings is 1. The van der Waals surface area contributed by atoms with Gasteiger partial charge in [-0.2, -0.15) is 0 Å². The van der Waals surface area contributed by atoms with Crippen molar-refractivity contribution in [2.45, 2.75) is 38.7 Å². The Labute approximate surface area is 152 Å². The first-order chi connectivity index (χ1) is 11.1. The Balaban J connectivity index is 0.00000169. The number of aromatic hydroxyl groups is 1.